The van der Waals surface area contributed by atoms with E-state index in [4.69, 9.17) is 0 Å². The van der Waals surface area contributed by atoms with Gasteiger partial charge in [-0.25, -0.2) is 0 Å². The minimum atomic E-state index is 0.696. The first-order chi connectivity index (χ1) is 9.67. The molecule has 0 aromatic heterocycles. The summed E-state index contributed by atoms with van der Waals surface area (Å²) in [7, 11) is 0. The minimum Gasteiger partial charge on any atom is -0.313 e. The van der Waals surface area contributed by atoms with Gasteiger partial charge in [0.05, 0.1) is 0 Å². The highest BCUT2D eigenvalue weighted by Gasteiger charge is 2.16. The van der Waals surface area contributed by atoms with Gasteiger partial charge < -0.3 is 5.32 Å². The Bertz CT molecular complexity index is 388. The van der Waals surface area contributed by atoms with Crippen LogP contribution in [-0.2, 0) is 6.54 Å². The second-order valence-corrected chi connectivity index (χ2v) is 6.38. The molecule has 0 spiro atoms. The number of hydrogen-bond acceptors (Lipinski definition) is 2. The molecule has 20 heavy (non-hydrogen) atoms. The summed E-state index contributed by atoms with van der Waals surface area (Å²) in [6.45, 7) is 11.4. The predicted molar refractivity (Wildman–Crippen MR) is 87.1 cm³/mol. The van der Waals surface area contributed by atoms with Crippen LogP contribution in [-0.4, -0.2) is 30.6 Å². The summed E-state index contributed by atoms with van der Waals surface area (Å²) in [4.78, 5) is 2.62. The van der Waals surface area contributed by atoms with E-state index in [0.717, 1.165) is 6.54 Å². The van der Waals surface area contributed by atoms with Crippen molar-refractivity contribution in [2.45, 2.75) is 59.0 Å². The maximum absolute atomic E-state index is 3.67. The maximum Gasteiger partial charge on any atom is 0.0234 e. The van der Waals surface area contributed by atoms with Crippen molar-refractivity contribution in [3.8, 4) is 0 Å². The Morgan fingerprint density at radius 2 is 1.90 bits per heavy atom. The van der Waals surface area contributed by atoms with Gasteiger partial charge >= 0.3 is 0 Å². The fraction of sp³-hybridized carbons (Fsp3) is 0.667. The van der Waals surface area contributed by atoms with Crippen LogP contribution in [0.5, 0.6) is 0 Å². The molecule has 1 aromatic rings. The van der Waals surface area contributed by atoms with E-state index in [1.807, 2.05) is 0 Å². The third kappa shape index (κ3) is 4.92. The molecular weight excluding hydrogens is 244 g/mol. The molecule has 2 nitrogen and oxygen atoms in total. The van der Waals surface area contributed by atoms with Crippen LogP contribution in [0.1, 0.15) is 49.3 Å². The highest BCUT2D eigenvalue weighted by atomic mass is 15.1. The predicted octanol–water partition coefficient (Wildman–Crippen LogP) is 3.66. The van der Waals surface area contributed by atoms with Gasteiger partial charge in [-0.2, -0.15) is 0 Å². The molecule has 1 unspecified atom stereocenters. The van der Waals surface area contributed by atoms with Gasteiger partial charge in [0.2, 0.25) is 0 Å². The van der Waals surface area contributed by atoms with Crippen molar-refractivity contribution in [2.75, 3.05) is 19.6 Å². The Balaban J connectivity index is 1.96. The van der Waals surface area contributed by atoms with Crippen LogP contribution in [0.3, 0.4) is 0 Å². The Morgan fingerprint density at radius 3 is 2.50 bits per heavy atom. The SMILES string of the molecule is CCCN(Cc1cc(C)cc(C)c1)CC1CCCCN1. The third-order valence-corrected chi connectivity index (χ3v) is 4.12. The zero-order valence-corrected chi connectivity index (χ0v) is 13.4. The molecule has 1 N–H and O–H groups in total. The number of nitrogens with zero attached hydrogens (tertiary/aromatic N) is 1. The fourth-order valence-corrected chi connectivity index (χ4v) is 3.36. The van der Waals surface area contributed by atoms with Gasteiger partial charge in [0.15, 0.2) is 0 Å². The highest BCUT2D eigenvalue weighted by molar-refractivity contribution is 5.28. The molecule has 1 aromatic carbocycles. The quantitative estimate of drug-likeness (QED) is 0.851. The number of benzene rings is 1. The van der Waals surface area contributed by atoms with Crippen molar-refractivity contribution in [2.24, 2.45) is 0 Å². The summed E-state index contributed by atoms with van der Waals surface area (Å²) < 4.78 is 0. The lowest BCUT2D eigenvalue weighted by Gasteiger charge is -2.30. The molecule has 0 saturated carbocycles. The number of hydrogen-bond donors (Lipinski definition) is 1. The Hall–Kier alpha value is -0.860. The summed E-state index contributed by atoms with van der Waals surface area (Å²) in [6, 6.07) is 7.63. The second kappa shape index (κ2) is 7.80. The zero-order valence-electron chi connectivity index (χ0n) is 13.4. The number of nitrogens with one attached hydrogen (secondary N) is 1. The summed E-state index contributed by atoms with van der Waals surface area (Å²) in [5.41, 5.74) is 4.23. The van der Waals surface area contributed by atoms with Gasteiger partial charge in [0.1, 0.15) is 0 Å². The molecule has 0 bridgehead atoms. The van der Waals surface area contributed by atoms with Crippen molar-refractivity contribution >= 4 is 0 Å². The lowest BCUT2D eigenvalue weighted by molar-refractivity contribution is 0.217. The zero-order chi connectivity index (χ0) is 14.4. The molecule has 1 fully saturated rings. The fourth-order valence-electron chi connectivity index (χ4n) is 3.36. The van der Waals surface area contributed by atoms with Crippen molar-refractivity contribution in [1.29, 1.82) is 0 Å². The van der Waals surface area contributed by atoms with Crippen molar-refractivity contribution in [3.63, 3.8) is 0 Å². The van der Waals surface area contributed by atoms with Crippen LogP contribution < -0.4 is 5.32 Å². The first-order valence-electron chi connectivity index (χ1n) is 8.20. The summed E-state index contributed by atoms with van der Waals surface area (Å²) in [5, 5.41) is 3.67. The van der Waals surface area contributed by atoms with E-state index in [1.54, 1.807) is 0 Å². The van der Waals surface area contributed by atoms with Crippen molar-refractivity contribution < 1.29 is 0 Å². The standard InChI is InChI=1S/C18H30N2/c1-4-9-20(14-18-7-5-6-8-19-18)13-17-11-15(2)10-16(3)12-17/h10-12,18-19H,4-9,13-14H2,1-3H3. The van der Waals surface area contributed by atoms with E-state index in [2.05, 4.69) is 49.2 Å². The smallest absolute Gasteiger partial charge is 0.0234 e. The van der Waals surface area contributed by atoms with Crippen molar-refractivity contribution in [1.82, 2.24) is 10.2 Å². The maximum atomic E-state index is 3.67. The minimum absolute atomic E-state index is 0.696. The van der Waals surface area contributed by atoms with Gasteiger partial charge in [0.25, 0.3) is 0 Å². The van der Waals surface area contributed by atoms with Gasteiger partial charge in [-0.1, -0.05) is 42.7 Å². The van der Waals surface area contributed by atoms with Crippen molar-refractivity contribution in [3.05, 3.63) is 34.9 Å². The monoisotopic (exact) mass is 274 g/mol. The molecule has 0 aliphatic carbocycles. The lowest BCUT2D eigenvalue weighted by Crippen LogP contribution is -2.43. The molecule has 2 heteroatoms. The molecule has 1 heterocycles. The van der Waals surface area contributed by atoms with Gasteiger partial charge in [-0.3, -0.25) is 4.90 Å². The average Bonchev–Trinajstić information content (AvgIpc) is 2.39. The van der Waals surface area contributed by atoms with E-state index in [9.17, 15) is 0 Å². The number of piperidine rings is 1. The highest BCUT2D eigenvalue weighted by Crippen LogP contribution is 2.14. The van der Waals surface area contributed by atoms with Crippen LogP contribution >= 0.6 is 0 Å². The van der Waals surface area contributed by atoms with E-state index >= 15 is 0 Å². The van der Waals surface area contributed by atoms with E-state index in [-0.39, 0.29) is 0 Å². The van der Waals surface area contributed by atoms with Gasteiger partial charge in [0, 0.05) is 19.1 Å². The number of aryl methyl sites for hydroxylation is 2. The summed E-state index contributed by atoms with van der Waals surface area (Å²) >= 11 is 0. The number of rotatable bonds is 6. The van der Waals surface area contributed by atoms with E-state index in [1.165, 1.54) is 62.0 Å². The molecule has 0 radical (unpaired) electrons. The Morgan fingerprint density at radius 1 is 1.15 bits per heavy atom. The first kappa shape index (κ1) is 15.5. The Labute approximate surface area is 124 Å². The van der Waals surface area contributed by atoms with E-state index < -0.39 is 0 Å². The van der Waals surface area contributed by atoms with Crippen LogP contribution in [0.25, 0.3) is 0 Å². The van der Waals surface area contributed by atoms with Crippen LogP contribution in [0.4, 0.5) is 0 Å². The molecule has 1 aliphatic heterocycles. The normalized spacial score (nSPS) is 19.5. The molecule has 1 aliphatic rings. The molecule has 0 amide bonds. The van der Waals surface area contributed by atoms with Gasteiger partial charge in [-0.15, -0.1) is 0 Å². The molecule has 1 saturated heterocycles. The second-order valence-electron chi connectivity index (χ2n) is 6.38. The average molecular weight is 274 g/mol. The largest absolute Gasteiger partial charge is 0.313 e. The molecule has 1 atom stereocenters. The molecule has 2 rings (SSSR count). The summed E-state index contributed by atoms with van der Waals surface area (Å²) in [5.74, 6) is 0. The molecular formula is C18H30N2. The van der Waals surface area contributed by atoms with Crippen LogP contribution in [0.2, 0.25) is 0 Å². The summed E-state index contributed by atoms with van der Waals surface area (Å²) in [6.07, 6.45) is 5.31. The lowest BCUT2D eigenvalue weighted by atomic mass is 10.0. The van der Waals surface area contributed by atoms with Crippen LogP contribution in [0, 0.1) is 13.8 Å². The topological polar surface area (TPSA) is 15.3 Å². The third-order valence-electron chi connectivity index (χ3n) is 4.12. The Kier molecular flexibility index (Phi) is 6.06. The molecule has 112 valence electrons. The van der Waals surface area contributed by atoms with Gasteiger partial charge in [-0.05, 0) is 51.8 Å². The van der Waals surface area contributed by atoms with Crippen LogP contribution in [0.15, 0.2) is 18.2 Å². The van der Waals surface area contributed by atoms with E-state index in [0.29, 0.717) is 6.04 Å². The first-order valence-corrected chi connectivity index (χ1v) is 8.20.